The smallest absolute Gasteiger partial charge is 0.123 e. The van der Waals surface area contributed by atoms with Crippen molar-refractivity contribution in [2.24, 2.45) is 0 Å². The van der Waals surface area contributed by atoms with E-state index in [-0.39, 0.29) is 11.6 Å². The zero-order chi connectivity index (χ0) is 28.2. The van der Waals surface area contributed by atoms with Gasteiger partial charge in [0.1, 0.15) is 11.6 Å². The fourth-order valence-electron chi connectivity index (χ4n) is 5.61. The Labute approximate surface area is 249 Å². The van der Waals surface area contributed by atoms with Gasteiger partial charge in [0.2, 0.25) is 0 Å². The topological polar surface area (TPSA) is 0 Å². The minimum absolute atomic E-state index is 0.220. The molecule has 0 N–H and O–H groups in total. The van der Waals surface area contributed by atoms with E-state index < -0.39 is 0 Å². The van der Waals surface area contributed by atoms with Gasteiger partial charge in [0, 0.05) is 20.2 Å². The number of benzene rings is 6. The molecule has 8 aromatic rings. The number of hydrogen-bond acceptors (Lipinski definition) is 2. The molecule has 0 saturated heterocycles. The summed E-state index contributed by atoms with van der Waals surface area (Å²) in [6.07, 6.45) is 0. The Bertz CT molecular complexity index is 2060. The number of hydrogen-bond donors (Lipinski definition) is 0. The highest BCUT2D eigenvalue weighted by atomic mass is 32.1. The summed E-state index contributed by atoms with van der Waals surface area (Å²) in [7, 11) is 0. The fourth-order valence-corrected chi connectivity index (χ4v) is 8.34. The quantitative estimate of drug-likeness (QED) is 0.194. The Morgan fingerprint density at radius 2 is 0.571 bits per heavy atom. The molecular weight excluding hydrogens is 559 g/mol. The van der Waals surface area contributed by atoms with Crippen LogP contribution in [-0.2, 0) is 0 Å². The molecule has 0 unspecified atom stereocenters. The predicted octanol–water partition coefficient (Wildman–Crippen LogP) is 12.2. The van der Waals surface area contributed by atoms with Crippen LogP contribution < -0.4 is 0 Å². The van der Waals surface area contributed by atoms with Crippen molar-refractivity contribution in [1.82, 2.24) is 0 Å². The molecule has 200 valence electrons. The number of thiophene rings is 2. The first-order valence-electron chi connectivity index (χ1n) is 13.7. The third-order valence-electron chi connectivity index (χ3n) is 7.87. The summed E-state index contributed by atoms with van der Waals surface area (Å²) in [5.41, 5.74) is 8.88. The Hall–Kier alpha value is -4.64. The molecule has 0 fully saturated rings. The summed E-state index contributed by atoms with van der Waals surface area (Å²) < 4.78 is 31.9. The molecule has 0 radical (unpaired) electrons. The van der Waals surface area contributed by atoms with Gasteiger partial charge in [-0.3, -0.25) is 0 Å². The van der Waals surface area contributed by atoms with E-state index in [1.165, 1.54) is 76.1 Å². The first kappa shape index (κ1) is 25.1. The van der Waals surface area contributed by atoms with Crippen molar-refractivity contribution in [2.45, 2.75) is 0 Å². The summed E-state index contributed by atoms with van der Waals surface area (Å²) >= 11 is 3.72. The summed E-state index contributed by atoms with van der Waals surface area (Å²) in [6, 6.07) is 43.7. The largest absolute Gasteiger partial charge is 0.207 e. The van der Waals surface area contributed by atoms with Crippen molar-refractivity contribution in [3.63, 3.8) is 0 Å². The van der Waals surface area contributed by atoms with Crippen LogP contribution in [0.25, 0.3) is 74.1 Å². The van der Waals surface area contributed by atoms with Gasteiger partial charge in [-0.1, -0.05) is 97.1 Å². The summed E-state index contributed by atoms with van der Waals surface area (Å²) in [5, 5.41) is 2.60. The van der Waals surface area contributed by atoms with E-state index in [0.29, 0.717) is 0 Å². The molecule has 0 amide bonds. The van der Waals surface area contributed by atoms with Crippen molar-refractivity contribution in [3.05, 3.63) is 145 Å². The molecule has 6 aromatic carbocycles. The number of halogens is 2. The Morgan fingerprint density at radius 1 is 0.310 bits per heavy atom. The van der Waals surface area contributed by atoms with Gasteiger partial charge < -0.3 is 0 Å². The lowest BCUT2D eigenvalue weighted by Gasteiger charge is -2.06. The van der Waals surface area contributed by atoms with E-state index in [1.807, 2.05) is 46.9 Å². The highest BCUT2D eigenvalue weighted by Gasteiger charge is 2.14. The zero-order valence-corrected chi connectivity index (χ0v) is 23.9. The molecule has 0 spiro atoms. The molecule has 2 heterocycles. The third-order valence-corrected chi connectivity index (χ3v) is 10.4. The first-order valence-corrected chi connectivity index (χ1v) is 15.3. The highest BCUT2D eigenvalue weighted by Crippen LogP contribution is 2.46. The van der Waals surface area contributed by atoms with Crippen LogP contribution in [0.2, 0.25) is 0 Å². The Kier molecular flexibility index (Phi) is 5.99. The van der Waals surface area contributed by atoms with Crippen molar-refractivity contribution in [3.8, 4) is 44.5 Å². The van der Waals surface area contributed by atoms with Gasteiger partial charge in [-0.2, -0.15) is 0 Å². The van der Waals surface area contributed by atoms with Crippen LogP contribution in [0, 0.1) is 11.6 Å². The summed E-state index contributed by atoms with van der Waals surface area (Å²) in [5.74, 6) is -0.441. The van der Waals surface area contributed by atoms with Crippen molar-refractivity contribution in [2.75, 3.05) is 0 Å². The van der Waals surface area contributed by atoms with Gasteiger partial charge in [0.15, 0.2) is 0 Å². The van der Waals surface area contributed by atoms with E-state index in [0.717, 1.165) is 22.3 Å². The van der Waals surface area contributed by atoms with Crippen molar-refractivity contribution < 1.29 is 8.78 Å². The van der Waals surface area contributed by atoms with E-state index in [1.54, 1.807) is 0 Å². The zero-order valence-electron chi connectivity index (χ0n) is 22.3. The second-order valence-corrected chi connectivity index (χ2v) is 12.6. The maximum atomic E-state index is 13.3. The van der Waals surface area contributed by atoms with Gasteiger partial charge >= 0.3 is 0 Å². The fraction of sp³-hybridized carbons (Fsp3) is 0. The first-order chi connectivity index (χ1) is 20.6. The summed E-state index contributed by atoms with van der Waals surface area (Å²) in [4.78, 5) is 0. The number of fused-ring (bicyclic) bond motifs is 5. The molecule has 0 aliphatic rings. The van der Waals surface area contributed by atoms with Gasteiger partial charge in [0.05, 0.1) is 9.40 Å². The summed E-state index contributed by atoms with van der Waals surface area (Å²) in [6.45, 7) is 0. The molecule has 0 saturated carbocycles. The van der Waals surface area contributed by atoms with E-state index in [2.05, 4.69) is 84.9 Å². The van der Waals surface area contributed by atoms with Crippen LogP contribution in [0.15, 0.2) is 133 Å². The molecule has 0 nitrogen and oxygen atoms in total. The van der Waals surface area contributed by atoms with Crippen LogP contribution in [0.1, 0.15) is 0 Å². The average molecular weight is 581 g/mol. The molecule has 0 aliphatic heterocycles. The van der Waals surface area contributed by atoms with Gasteiger partial charge in [-0.05, 0) is 80.9 Å². The average Bonchev–Trinajstić information content (AvgIpc) is 3.57. The molecule has 0 bridgehead atoms. The van der Waals surface area contributed by atoms with Crippen LogP contribution in [0.3, 0.4) is 0 Å². The van der Waals surface area contributed by atoms with E-state index in [4.69, 9.17) is 0 Å². The second-order valence-electron chi connectivity index (χ2n) is 10.5. The lowest BCUT2D eigenvalue weighted by Crippen LogP contribution is -1.81. The highest BCUT2D eigenvalue weighted by molar-refractivity contribution is 7.36. The number of rotatable bonds is 4. The third kappa shape index (κ3) is 4.40. The molecule has 8 rings (SSSR count). The molecule has 2 aromatic heterocycles. The van der Waals surface area contributed by atoms with Gasteiger partial charge in [-0.25, -0.2) is 8.78 Å². The maximum absolute atomic E-state index is 13.3. The van der Waals surface area contributed by atoms with Gasteiger partial charge in [-0.15, -0.1) is 22.7 Å². The second kappa shape index (κ2) is 10.0. The molecule has 0 aliphatic carbocycles. The normalized spacial score (nSPS) is 11.6. The minimum Gasteiger partial charge on any atom is -0.207 e. The molecule has 4 heteroatoms. The van der Waals surface area contributed by atoms with Crippen LogP contribution in [0.4, 0.5) is 8.78 Å². The predicted molar refractivity (Wildman–Crippen MR) is 176 cm³/mol. The maximum Gasteiger partial charge on any atom is 0.123 e. The molecule has 0 atom stereocenters. The lowest BCUT2D eigenvalue weighted by molar-refractivity contribution is 0.627. The Morgan fingerprint density at radius 3 is 0.905 bits per heavy atom. The lowest BCUT2D eigenvalue weighted by atomic mass is 10.00. The van der Waals surface area contributed by atoms with Crippen molar-refractivity contribution >= 4 is 52.2 Å². The standard InChI is InChI=1S/C38H22F2S2/c39-31-15-9-25(10-16-31)23-1-5-27(6-2-23)29-13-19-33-35(21-29)41-38-34-20-14-30(22-36(34)42-37(33)38)28-7-3-24(4-8-28)26-11-17-32(40)18-12-26/h1-22H. The molecule has 42 heavy (non-hydrogen) atoms. The van der Waals surface area contributed by atoms with Crippen LogP contribution >= 0.6 is 22.7 Å². The SMILES string of the molecule is Fc1ccc(-c2ccc(-c3ccc4c(c3)sc3c5ccc(-c6ccc(-c7ccc(F)cc7)cc6)cc5sc43)cc2)cc1. The Balaban J connectivity index is 1.10. The van der Waals surface area contributed by atoms with Crippen molar-refractivity contribution in [1.29, 1.82) is 0 Å². The van der Waals surface area contributed by atoms with E-state index >= 15 is 0 Å². The monoisotopic (exact) mass is 580 g/mol. The molecular formula is C38H22F2S2. The van der Waals surface area contributed by atoms with E-state index in [9.17, 15) is 8.78 Å². The van der Waals surface area contributed by atoms with Crippen LogP contribution in [0.5, 0.6) is 0 Å². The minimum atomic E-state index is -0.220. The van der Waals surface area contributed by atoms with Crippen LogP contribution in [-0.4, -0.2) is 0 Å². The van der Waals surface area contributed by atoms with Gasteiger partial charge in [0.25, 0.3) is 0 Å².